The van der Waals surface area contributed by atoms with Gasteiger partial charge in [0.1, 0.15) is 0 Å². The minimum absolute atomic E-state index is 0.196. The molecule has 1 saturated heterocycles. The fraction of sp³-hybridized carbons (Fsp3) is 0.923. The number of nitrogens with zero attached hydrogens (tertiary/aromatic N) is 1. The highest BCUT2D eigenvalue weighted by Crippen LogP contribution is 2.36. The van der Waals surface area contributed by atoms with Crippen LogP contribution < -0.4 is 5.32 Å². The Hall–Kier alpha value is -0.220. The van der Waals surface area contributed by atoms with Crippen molar-refractivity contribution in [2.45, 2.75) is 51.2 Å². The van der Waals surface area contributed by atoms with E-state index in [1.165, 1.54) is 12.8 Å². The molecule has 2 unspecified atom stereocenters. The number of carbonyl (C=O) groups excluding carboxylic acids is 1. The summed E-state index contributed by atoms with van der Waals surface area (Å²) in [4.78, 5) is 14.6. The normalized spacial score (nSPS) is 29.2. The number of thioether (sulfide) groups is 1. The van der Waals surface area contributed by atoms with E-state index in [9.17, 15) is 4.79 Å². The molecule has 2 fully saturated rings. The van der Waals surface area contributed by atoms with Crippen LogP contribution in [0.15, 0.2) is 0 Å². The Morgan fingerprint density at radius 3 is 2.76 bits per heavy atom. The van der Waals surface area contributed by atoms with Crippen LogP contribution >= 0.6 is 11.8 Å². The van der Waals surface area contributed by atoms with Crippen LogP contribution in [0.4, 0.5) is 0 Å². The van der Waals surface area contributed by atoms with Crippen LogP contribution in [0.3, 0.4) is 0 Å². The summed E-state index contributed by atoms with van der Waals surface area (Å²) in [7, 11) is 0. The highest BCUT2D eigenvalue weighted by Gasteiger charge is 2.50. The summed E-state index contributed by atoms with van der Waals surface area (Å²) in [5, 5.41) is 3.55. The number of hydrogen-bond acceptors (Lipinski definition) is 3. The summed E-state index contributed by atoms with van der Waals surface area (Å²) >= 11 is 1.86. The Morgan fingerprint density at radius 1 is 1.53 bits per heavy atom. The maximum Gasteiger partial charge on any atom is 0.244 e. The first-order valence-corrected chi connectivity index (χ1v) is 8.06. The van der Waals surface area contributed by atoms with Crippen molar-refractivity contribution in [1.82, 2.24) is 10.2 Å². The molecule has 2 atom stereocenters. The molecule has 0 aromatic carbocycles. The largest absolute Gasteiger partial charge is 0.326 e. The molecule has 1 amide bonds. The Kier molecular flexibility index (Phi) is 4.03. The molecular formula is C13H24N2OS. The fourth-order valence-electron chi connectivity index (χ4n) is 3.24. The first-order valence-electron chi connectivity index (χ1n) is 6.67. The van der Waals surface area contributed by atoms with Crippen LogP contribution in [0, 0.1) is 5.92 Å². The molecule has 2 rings (SSSR count). The molecule has 4 heteroatoms. The van der Waals surface area contributed by atoms with Crippen molar-refractivity contribution in [3.63, 3.8) is 0 Å². The Bertz CT molecular complexity index is 289. The third kappa shape index (κ3) is 2.48. The van der Waals surface area contributed by atoms with Gasteiger partial charge in [-0.2, -0.15) is 11.8 Å². The number of hydrogen-bond donors (Lipinski definition) is 1. The maximum absolute atomic E-state index is 12.5. The van der Waals surface area contributed by atoms with Crippen LogP contribution in [-0.2, 0) is 4.79 Å². The van der Waals surface area contributed by atoms with Gasteiger partial charge in [-0.15, -0.1) is 0 Å². The summed E-state index contributed by atoms with van der Waals surface area (Å²) in [6, 6.07) is 0. The van der Waals surface area contributed by atoms with Crippen molar-refractivity contribution in [2.75, 3.05) is 18.6 Å². The third-order valence-corrected chi connectivity index (χ3v) is 4.94. The standard InChI is InChI=1S/C13H24N2OS/c1-10(9-17-3)8-15-11(2)14-13(12(15)16)6-4-5-7-13/h10-11,14H,4-9H2,1-3H3. The van der Waals surface area contributed by atoms with Crippen LogP contribution in [0.5, 0.6) is 0 Å². The molecule has 98 valence electrons. The Balaban J connectivity index is 2.01. The molecule has 1 heterocycles. The van der Waals surface area contributed by atoms with E-state index in [4.69, 9.17) is 0 Å². The van der Waals surface area contributed by atoms with Gasteiger partial charge in [-0.05, 0) is 37.7 Å². The SMILES string of the molecule is CSCC(C)CN1C(=O)C2(CCCC2)NC1C. The zero-order valence-electron chi connectivity index (χ0n) is 11.2. The van der Waals surface area contributed by atoms with Gasteiger partial charge in [0.2, 0.25) is 5.91 Å². The van der Waals surface area contributed by atoms with Gasteiger partial charge >= 0.3 is 0 Å². The highest BCUT2D eigenvalue weighted by molar-refractivity contribution is 7.98. The molecule has 2 aliphatic rings. The zero-order chi connectivity index (χ0) is 12.5. The highest BCUT2D eigenvalue weighted by atomic mass is 32.2. The molecule has 1 aliphatic carbocycles. The molecule has 3 nitrogen and oxygen atoms in total. The second-order valence-electron chi connectivity index (χ2n) is 5.63. The molecule has 1 aliphatic heterocycles. The number of nitrogens with one attached hydrogen (secondary N) is 1. The number of amides is 1. The molecule has 0 radical (unpaired) electrons. The topological polar surface area (TPSA) is 32.3 Å². The predicted octanol–water partition coefficient (Wildman–Crippen LogP) is 2.08. The molecule has 1 saturated carbocycles. The van der Waals surface area contributed by atoms with Gasteiger partial charge in [-0.3, -0.25) is 10.1 Å². The average molecular weight is 256 g/mol. The van der Waals surface area contributed by atoms with E-state index in [-0.39, 0.29) is 11.7 Å². The molecule has 0 aromatic heterocycles. The quantitative estimate of drug-likeness (QED) is 0.836. The van der Waals surface area contributed by atoms with Crippen LogP contribution in [0.2, 0.25) is 0 Å². The minimum atomic E-state index is -0.196. The lowest BCUT2D eigenvalue weighted by molar-refractivity contribution is -0.133. The van der Waals surface area contributed by atoms with Crippen molar-refractivity contribution in [3.05, 3.63) is 0 Å². The van der Waals surface area contributed by atoms with Gasteiger partial charge in [0.25, 0.3) is 0 Å². The Labute approximate surface area is 109 Å². The van der Waals surface area contributed by atoms with Crippen molar-refractivity contribution in [1.29, 1.82) is 0 Å². The predicted molar refractivity (Wildman–Crippen MR) is 73.1 cm³/mol. The summed E-state index contributed by atoms with van der Waals surface area (Å²) in [5.74, 6) is 2.06. The van der Waals surface area contributed by atoms with Gasteiger partial charge in [-0.25, -0.2) is 0 Å². The van der Waals surface area contributed by atoms with E-state index in [1.54, 1.807) is 0 Å². The summed E-state index contributed by atoms with van der Waals surface area (Å²) in [6.45, 7) is 5.25. The van der Waals surface area contributed by atoms with E-state index in [2.05, 4.69) is 30.3 Å². The summed E-state index contributed by atoms with van der Waals surface area (Å²) in [6.07, 6.45) is 6.79. The van der Waals surface area contributed by atoms with Gasteiger partial charge < -0.3 is 4.90 Å². The average Bonchev–Trinajstić information content (AvgIpc) is 2.82. The van der Waals surface area contributed by atoms with Crippen LogP contribution in [-0.4, -0.2) is 41.1 Å². The van der Waals surface area contributed by atoms with Crippen molar-refractivity contribution in [3.8, 4) is 0 Å². The number of carbonyl (C=O) groups is 1. The summed E-state index contributed by atoms with van der Waals surface area (Å²) in [5.41, 5.74) is -0.196. The third-order valence-electron chi connectivity index (χ3n) is 4.04. The van der Waals surface area contributed by atoms with Gasteiger partial charge in [0.15, 0.2) is 0 Å². The van der Waals surface area contributed by atoms with Crippen LogP contribution in [0.1, 0.15) is 39.5 Å². The van der Waals surface area contributed by atoms with E-state index in [1.807, 2.05) is 11.8 Å². The number of rotatable bonds is 4. The first-order chi connectivity index (χ1) is 8.09. The van der Waals surface area contributed by atoms with Gasteiger partial charge in [0, 0.05) is 6.54 Å². The van der Waals surface area contributed by atoms with Crippen LogP contribution in [0.25, 0.3) is 0 Å². The minimum Gasteiger partial charge on any atom is -0.326 e. The smallest absolute Gasteiger partial charge is 0.244 e. The van der Waals surface area contributed by atoms with Gasteiger partial charge in [-0.1, -0.05) is 19.8 Å². The molecule has 17 heavy (non-hydrogen) atoms. The van der Waals surface area contributed by atoms with E-state index in [0.29, 0.717) is 11.8 Å². The second kappa shape index (κ2) is 5.19. The second-order valence-corrected chi connectivity index (χ2v) is 6.54. The first kappa shape index (κ1) is 13.2. The lowest BCUT2D eigenvalue weighted by atomic mass is 9.98. The van der Waals surface area contributed by atoms with Crippen molar-refractivity contribution in [2.24, 2.45) is 5.92 Å². The summed E-state index contributed by atoms with van der Waals surface area (Å²) < 4.78 is 0. The zero-order valence-corrected chi connectivity index (χ0v) is 12.0. The monoisotopic (exact) mass is 256 g/mol. The Morgan fingerprint density at radius 2 is 2.18 bits per heavy atom. The van der Waals surface area contributed by atoms with Crippen molar-refractivity contribution >= 4 is 17.7 Å². The van der Waals surface area contributed by atoms with E-state index in [0.717, 1.165) is 25.1 Å². The van der Waals surface area contributed by atoms with E-state index < -0.39 is 0 Å². The van der Waals surface area contributed by atoms with Crippen molar-refractivity contribution < 1.29 is 4.79 Å². The maximum atomic E-state index is 12.5. The molecule has 1 spiro atoms. The lowest BCUT2D eigenvalue weighted by Crippen LogP contribution is -2.44. The fourth-order valence-corrected chi connectivity index (χ4v) is 3.92. The molecular weight excluding hydrogens is 232 g/mol. The molecule has 1 N–H and O–H groups in total. The van der Waals surface area contributed by atoms with Gasteiger partial charge in [0.05, 0.1) is 11.7 Å². The lowest BCUT2D eigenvalue weighted by Gasteiger charge is -2.25. The molecule has 0 bridgehead atoms. The molecule has 0 aromatic rings. The van der Waals surface area contributed by atoms with E-state index >= 15 is 0 Å².